The van der Waals surface area contributed by atoms with E-state index in [1.54, 1.807) is 5.38 Å². The minimum Gasteiger partial charge on any atom is -0.383 e. The number of hydrogen-bond donors (Lipinski definition) is 1. The average Bonchev–Trinajstić information content (AvgIpc) is 2.62. The van der Waals surface area contributed by atoms with Crippen LogP contribution in [-0.2, 0) is 0 Å². The number of rotatable bonds is 2. The third-order valence-corrected chi connectivity index (χ3v) is 3.62. The molecule has 1 unspecified atom stereocenters. The predicted molar refractivity (Wildman–Crippen MR) is 59.7 cm³/mol. The minimum atomic E-state index is -1.54. The lowest BCUT2D eigenvalue weighted by molar-refractivity contribution is 0.212. The molecule has 90 valence electrons. The molecule has 1 atom stereocenters. The highest BCUT2D eigenvalue weighted by molar-refractivity contribution is 7.10. The Morgan fingerprint density at radius 2 is 1.76 bits per heavy atom. The fourth-order valence-electron chi connectivity index (χ4n) is 1.45. The maximum Gasteiger partial charge on any atom is 0.135 e. The summed E-state index contributed by atoms with van der Waals surface area (Å²) in [5.74, 6) is -3.31. The second-order valence-corrected chi connectivity index (χ2v) is 4.67. The molecule has 1 N–H and O–H groups in total. The van der Waals surface area contributed by atoms with Gasteiger partial charge in [0.2, 0.25) is 0 Å². The fourth-order valence-corrected chi connectivity index (χ4v) is 2.60. The van der Waals surface area contributed by atoms with Gasteiger partial charge >= 0.3 is 0 Å². The second kappa shape index (κ2) is 4.68. The lowest BCUT2D eigenvalue weighted by Crippen LogP contribution is -2.05. The highest BCUT2D eigenvalue weighted by atomic mass is 35.5. The van der Waals surface area contributed by atoms with Crippen LogP contribution in [0, 0.1) is 17.5 Å². The lowest BCUT2D eigenvalue weighted by Gasteiger charge is -2.12. The van der Waals surface area contributed by atoms with Crippen LogP contribution in [-0.4, -0.2) is 5.11 Å². The monoisotopic (exact) mass is 278 g/mol. The van der Waals surface area contributed by atoms with E-state index in [1.807, 2.05) is 0 Å². The van der Waals surface area contributed by atoms with Gasteiger partial charge in [-0.25, -0.2) is 13.2 Å². The third-order valence-electron chi connectivity index (χ3n) is 2.21. The molecule has 0 saturated carbocycles. The van der Waals surface area contributed by atoms with Crippen molar-refractivity contribution in [3.8, 4) is 0 Å². The molecule has 0 aliphatic heterocycles. The van der Waals surface area contributed by atoms with Crippen LogP contribution in [0.15, 0.2) is 23.6 Å². The van der Waals surface area contributed by atoms with Crippen molar-refractivity contribution in [1.29, 1.82) is 0 Å². The molecule has 1 aromatic heterocycles. The lowest BCUT2D eigenvalue weighted by atomic mass is 10.1. The summed E-state index contributed by atoms with van der Waals surface area (Å²) < 4.78 is 39.5. The number of benzene rings is 1. The number of aliphatic hydroxyl groups excluding tert-OH is 1. The Morgan fingerprint density at radius 1 is 1.18 bits per heavy atom. The molecule has 0 fully saturated rings. The summed E-state index contributed by atoms with van der Waals surface area (Å²) in [5, 5.41) is 11.6. The molecule has 0 amide bonds. The zero-order valence-corrected chi connectivity index (χ0v) is 9.83. The largest absolute Gasteiger partial charge is 0.383 e. The van der Waals surface area contributed by atoms with Gasteiger partial charge in [0.15, 0.2) is 0 Å². The van der Waals surface area contributed by atoms with E-state index in [0.717, 1.165) is 11.3 Å². The average molecular weight is 279 g/mol. The first-order valence-electron chi connectivity index (χ1n) is 4.56. The van der Waals surface area contributed by atoms with Gasteiger partial charge in [-0.15, -0.1) is 11.3 Å². The Labute approximate surface area is 104 Å². The van der Waals surface area contributed by atoms with Crippen LogP contribution < -0.4 is 0 Å². The Morgan fingerprint density at radius 3 is 2.24 bits per heavy atom. The fraction of sp³-hybridized carbons (Fsp3) is 0.0909. The zero-order valence-electron chi connectivity index (χ0n) is 8.25. The van der Waals surface area contributed by atoms with E-state index in [1.165, 1.54) is 6.07 Å². The summed E-state index contributed by atoms with van der Waals surface area (Å²) in [5.41, 5.74) is -0.601. The molecular formula is C11H6ClF3OS. The van der Waals surface area contributed by atoms with Gasteiger partial charge in [-0.05, 0) is 11.4 Å². The summed E-state index contributed by atoms with van der Waals surface area (Å²) in [4.78, 5) is 0.219. The van der Waals surface area contributed by atoms with Gasteiger partial charge in [0.05, 0.1) is 15.5 Å². The Kier molecular flexibility index (Phi) is 3.42. The molecule has 1 aromatic carbocycles. The van der Waals surface area contributed by atoms with Crippen LogP contribution in [0.5, 0.6) is 0 Å². The predicted octanol–water partition coefficient (Wildman–Crippen LogP) is 3.90. The van der Waals surface area contributed by atoms with E-state index in [-0.39, 0.29) is 9.90 Å². The van der Waals surface area contributed by atoms with Gasteiger partial charge in [0.1, 0.15) is 23.6 Å². The molecule has 17 heavy (non-hydrogen) atoms. The summed E-state index contributed by atoms with van der Waals surface area (Å²) in [7, 11) is 0. The van der Waals surface area contributed by atoms with Crippen molar-refractivity contribution in [2.24, 2.45) is 0 Å². The molecular weight excluding hydrogens is 273 g/mol. The molecule has 2 aromatic rings. The molecule has 2 rings (SSSR count). The third kappa shape index (κ3) is 2.31. The van der Waals surface area contributed by atoms with Crippen LogP contribution in [0.25, 0.3) is 0 Å². The van der Waals surface area contributed by atoms with E-state index < -0.39 is 29.1 Å². The molecule has 1 heterocycles. The number of thiophene rings is 1. The first kappa shape index (κ1) is 12.4. The van der Waals surface area contributed by atoms with E-state index in [2.05, 4.69) is 0 Å². The SMILES string of the molecule is OC(c1sccc1Cl)c1c(F)cc(F)cc1F. The Hall–Kier alpha value is -1.04. The van der Waals surface area contributed by atoms with Crippen molar-refractivity contribution in [2.75, 3.05) is 0 Å². The van der Waals surface area contributed by atoms with Gasteiger partial charge in [0, 0.05) is 12.1 Å². The van der Waals surface area contributed by atoms with E-state index in [9.17, 15) is 18.3 Å². The number of hydrogen-bond acceptors (Lipinski definition) is 2. The second-order valence-electron chi connectivity index (χ2n) is 3.32. The smallest absolute Gasteiger partial charge is 0.135 e. The highest BCUT2D eigenvalue weighted by Crippen LogP contribution is 2.35. The van der Waals surface area contributed by atoms with Crippen molar-refractivity contribution in [1.82, 2.24) is 0 Å². The molecule has 0 radical (unpaired) electrons. The zero-order chi connectivity index (χ0) is 12.6. The Balaban J connectivity index is 2.51. The van der Waals surface area contributed by atoms with Crippen LogP contribution in [0.2, 0.25) is 5.02 Å². The molecule has 0 aliphatic rings. The van der Waals surface area contributed by atoms with Crippen molar-refractivity contribution in [3.63, 3.8) is 0 Å². The van der Waals surface area contributed by atoms with Crippen LogP contribution in [0.1, 0.15) is 16.5 Å². The van der Waals surface area contributed by atoms with Gasteiger partial charge in [-0.2, -0.15) is 0 Å². The van der Waals surface area contributed by atoms with E-state index in [4.69, 9.17) is 11.6 Å². The molecule has 0 bridgehead atoms. The molecule has 1 nitrogen and oxygen atoms in total. The summed E-state index contributed by atoms with van der Waals surface area (Å²) in [6.07, 6.45) is -1.54. The molecule has 0 spiro atoms. The van der Waals surface area contributed by atoms with Crippen LogP contribution >= 0.6 is 22.9 Å². The minimum absolute atomic E-state index is 0.214. The molecule has 0 aliphatic carbocycles. The standard InChI is InChI=1S/C11H6ClF3OS/c12-6-1-2-17-11(6)10(16)9-7(14)3-5(13)4-8(9)15/h1-4,10,16H. The molecule has 6 heteroatoms. The number of aliphatic hydroxyl groups is 1. The maximum atomic E-state index is 13.4. The summed E-state index contributed by atoms with van der Waals surface area (Å²) in [6.45, 7) is 0. The summed E-state index contributed by atoms with van der Waals surface area (Å²) in [6, 6.07) is 2.54. The van der Waals surface area contributed by atoms with Crippen molar-refractivity contribution >= 4 is 22.9 Å². The van der Waals surface area contributed by atoms with Crippen molar-refractivity contribution in [3.05, 3.63) is 56.5 Å². The topological polar surface area (TPSA) is 20.2 Å². The first-order chi connectivity index (χ1) is 8.00. The number of halogens is 4. The quantitative estimate of drug-likeness (QED) is 0.883. The van der Waals surface area contributed by atoms with Crippen molar-refractivity contribution < 1.29 is 18.3 Å². The van der Waals surface area contributed by atoms with Crippen LogP contribution in [0.3, 0.4) is 0 Å². The highest BCUT2D eigenvalue weighted by Gasteiger charge is 2.23. The van der Waals surface area contributed by atoms with E-state index >= 15 is 0 Å². The van der Waals surface area contributed by atoms with E-state index in [0.29, 0.717) is 12.1 Å². The first-order valence-corrected chi connectivity index (χ1v) is 5.82. The van der Waals surface area contributed by atoms with Gasteiger partial charge in [0.25, 0.3) is 0 Å². The molecule has 0 saturated heterocycles. The maximum absolute atomic E-state index is 13.4. The van der Waals surface area contributed by atoms with Gasteiger partial charge < -0.3 is 5.11 Å². The van der Waals surface area contributed by atoms with Gasteiger partial charge in [-0.3, -0.25) is 0 Å². The summed E-state index contributed by atoms with van der Waals surface area (Å²) >= 11 is 6.82. The van der Waals surface area contributed by atoms with Gasteiger partial charge in [-0.1, -0.05) is 11.6 Å². The normalized spacial score (nSPS) is 12.8. The van der Waals surface area contributed by atoms with Crippen molar-refractivity contribution in [2.45, 2.75) is 6.10 Å². The van der Waals surface area contributed by atoms with Crippen LogP contribution in [0.4, 0.5) is 13.2 Å². The Bertz CT molecular complexity index is 532.